The third kappa shape index (κ3) is 5.83. The number of H-pyrrole nitrogens is 1. The van der Waals surface area contributed by atoms with E-state index in [1.54, 1.807) is 19.4 Å². The van der Waals surface area contributed by atoms with Gasteiger partial charge in [0.1, 0.15) is 17.4 Å². The Bertz CT molecular complexity index is 1530. The topological polar surface area (TPSA) is 120 Å². The quantitative estimate of drug-likeness (QED) is 0.229. The zero-order valence-corrected chi connectivity index (χ0v) is 22.1. The molecule has 202 valence electrons. The van der Waals surface area contributed by atoms with Gasteiger partial charge in [0.2, 0.25) is 11.9 Å². The molecule has 1 saturated heterocycles. The molecule has 2 aromatic carbocycles. The average molecular weight is 531 g/mol. The summed E-state index contributed by atoms with van der Waals surface area (Å²) in [6, 6.07) is 8.28. The molecule has 0 unspecified atom stereocenters. The van der Waals surface area contributed by atoms with Gasteiger partial charge in [-0.1, -0.05) is 6.58 Å². The zero-order chi connectivity index (χ0) is 27.5. The van der Waals surface area contributed by atoms with Crippen molar-refractivity contribution < 1.29 is 13.9 Å². The van der Waals surface area contributed by atoms with Crippen LogP contribution < -0.4 is 20.7 Å². The number of carbonyl (C=O) groups is 1. The van der Waals surface area contributed by atoms with E-state index in [1.165, 1.54) is 23.3 Å². The van der Waals surface area contributed by atoms with E-state index in [4.69, 9.17) is 4.74 Å². The zero-order valence-electron chi connectivity index (χ0n) is 22.1. The molecule has 4 N–H and O–H groups in total. The molecule has 10 nitrogen and oxygen atoms in total. The van der Waals surface area contributed by atoms with Gasteiger partial charge in [0, 0.05) is 11.4 Å². The van der Waals surface area contributed by atoms with Crippen LogP contribution in [-0.2, 0) is 4.79 Å². The van der Waals surface area contributed by atoms with Gasteiger partial charge < -0.3 is 25.6 Å². The highest BCUT2D eigenvalue weighted by Crippen LogP contribution is 2.37. The number of aromatic amines is 1. The SMILES string of the molecule is C=CC(=O)Nc1cc(F)cc(Nc2nc(Nc3cc(C)c(C4CCN(C)CC4)cc3OC)nc3[nH]ncc23)c1. The molecule has 0 saturated carbocycles. The van der Waals surface area contributed by atoms with Crippen molar-refractivity contribution >= 4 is 45.8 Å². The molecule has 39 heavy (non-hydrogen) atoms. The molecule has 4 aromatic rings. The number of amides is 1. The van der Waals surface area contributed by atoms with E-state index < -0.39 is 11.7 Å². The van der Waals surface area contributed by atoms with Crippen molar-refractivity contribution in [3.63, 3.8) is 0 Å². The number of methoxy groups -OCH3 is 1. The molecule has 0 spiro atoms. The summed E-state index contributed by atoms with van der Waals surface area (Å²) in [6.45, 7) is 7.69. The number of benzene rings is 2. The molecule has 2 aromatic heterocycles. The lowest BCUT2D eigenvalue weighted by Gasteiger charge is -2.30. The van der Waals surface area contributed by atoms with Crippen LogP contribution in [0.1, 0.15) is 29.9 Å². The molecule has 1 aliphatic rings. The summed E-state index contributed by atoms with van der Waals surface area (Å²) in [5.41, 5.74) is 4.35. The first kappa shape index (κ1) is 26.1. The van der Waals surface area contributed by atoms with Crippen LogP contribution in [0.25, 0.3) is 11.0 Å². The predicted molar refractivity (Wildman–Crippen MR) is 151 cm³/mol. The number of hydrogen-bond donors (Lipinski definition) is 4. The molecular formula is C28H31FN8O2. The van der Waals surface area contributed by atoms with Gasteiger partial charge in [-0.15, -0.1) is 0 Å². The van der Waals surface area contributed by atoms with Crippen molar-refractivity contribution in [2.75, 3.05) is 43.2 Å². The van der Waals surface area contributed by atoms with Crippen LogP contribution in [0, 0.1) is 12.7 Å². The second-order valence-corrected chi connectivity index (χ2v) is 9.69. The lowest BCUT2D eigenvalue weighted by atomic mass is 9.86. The highest BCUT2D eigenvalue weighted by molar-refractivity contribution is 5.99. The van der Waals surface area contributed by atoms with Gasteiger partial charge in [-0.25, -0.2) is 4.39 Å². The fraction of sp³-hybridized carbons (Fsp3) is 0.286. The summed E-state index contributed by atoms with van der Waals surface area (Å²) in [7, 11) is 3.80. The standard InChI is InChI=1S/C28H31FN8O2/c1-5-25(38)31-19-11-18(29)12-20(13-19)32-26-22-15-30-36-27(22)35-28(34-26)33-23-10-16(2)21(14-24(23)39-4)17-6-8-37(3)9-7-17/h5,10-15,17H,1,6-9H2,2-4H3,(H,31,38)(H3,30,32,33,34,35,36). The summed E-state index contributed by atoms with van der Waals surface area (Å²) in [4.78, 5) is 23.3. The molecular weight excluding hydrogens is 499 g/mol. The molecule has 11 heteroatoms. The molecule has 1 amide bonds. The van der Waals surface area contributed by atoms with E-state index in [9.17, 15) is 9.18 Å². The van der Waals surface area contributed by atoms with E-state index in [-0.39, 0.29) is 5.69 Å². The molecule has 0 aliphatic carbocycles. The number of rotatable bonds is 8. The first-order valence-electron chi connectivity index (χ1n) is 12.7. The van der Waals surface area contributed by atoms with Gasteiger partial charge in [0.15, 0.2) is 5.65 Å². The van der Waals surface area contributed by atoms with E-state index in [2.05, 4.69) is 73.7 Å². The minimum Gasteiger partial charge on any atom is -0.495 e. The van der Waals surface area contributed by atoms with E-state index in [0.717, 1.165) is 37.7 Å². The van der Waals surface area contributed by atoms with Gasteiger partial charge in [-0.05, 0) is 93.4 Å². The van der Waals surface area contributed by atoms with Crippen molar-refractivity contribution in [1.82, 2.24) is 25.1 Å². The number of hydrogen-bond acceptors (Lipinski definition) is 8. The number of nitrogens with zero attached hydrogens (tertiary/aromatic N) is 4. The van der Waals surface area contributed by atoms with Gasteiger partial charge in [0.25, 0.3) is 0 Å². The number of nitrogens with one attached hydrogen (secondary N) is 4. The number of aromatic nitrogens is 4. The number of halogens is 1. The number of anilines is 5. The molecule has 0 radical (unpaired) electrons. The van der Waals surface area contributed by atoms with Crippen molar-refractivity contribution in [3.8, 4) is 5.75 Å². The highest BCUT2D eigenvalue weighted by Gasteiger charge is 2.22. The third-order valence-electron chi connectivity index (χ3n) is 6.92. The van der Waals surface area contributed by atoms with Crippen molar-refractivity contribution in [2.45, 2.75) is 25.7 Å². The maximum Gasteiger partial charge on any atom is 0.247 e. The number of carbonyl (C=O) groups excluding carboxylic acids is 1. The van der Waals surface area contributed by atoms with Gasteiger partial charge in [0.05, 0.1) is 24.4 Å². The Labute approximate surface area is 225 Å². The van der Waals surface area contributed by atoms with Crippen molar-refractivity contribution in [2.24, 2.45) is 0 Å². The van der Waals surface area contributed by atoms with Crippen LogP contribution in [0.5, 0.6) is 5.75 Å². The van der Waals surface area contributed by atoms with Crippen molar-refractivity contribution in [3.05, 3.63) is 66.1 Å². The smallest absolute Gasteiger partial charge is 0.247 e. The van der Waals surface area contributed by atoms with E-state index >= 15 is 0 Å². The molecule has 3 heterocycles. The number of likely N-dealkylation sites (tertiary alicyclic amines) is 1. The minimum atomic E-state index is -0.528. The summed E-state index contributed by atoms with van der Waals surface area (Å²) in [5, 5.41) is 16.5. The number of piperidine rings is 1. The number of aryl methyl sites for hydroxylation is 1. The van der Waals surface area contributed by atoms with Crippen LogP contribution in [0.15, 0.2) is 49.2 Å². The highest BCUT2D eigenvalue weighted by atomic mass is 19.1. The Morgan fingerprint density at radius 2 is 1.92 bits per heavy atom. The van der Waals surface area contributed by atoms with Crippen LogP contribution in [-0.4, -0.2) is 58.2 Å². The molecule has 0 atom stereocenters. The lowest BCUT2D eigenvalue weighted by molar-refractivity contribution is -0.111. The van der Waals surface area contributed by atoms with Crippen LogP contribution in [0.4, 0.5) is 33.2 Å². The third-order valence-corrected chi connectivity index (χ3v) is 6.92. The predicted octanol–water partition coefficient (Wildman–Crippen LogP) is 5.23. The Kier molecular flexibility index (Phi) is 7.42. The van der Waals surface area contributed by atoms with Crippen LogP contribution >= 0.6 is 0 Å². The van der Waals surface area contributed by atoms with Crippen LogP contribution in [0.2, 0.25) is 0 Å². The maximum absolute atomic E-state index is 14.3. The van der Waals surface area contributed by atoms with Crippen LogP contribution in [0.3, 0.4) is 0 Å². The Balaban J connectivity index is 1.45. The first-order valence-corrected chi connectivity index (χ1v) is 12.7. The molecule has 5 rings (SSSR count). The lowest BCUT2D eigenvalue weighted by Crippen LogP contribution is -2.29. The molecule has 1 fully saturated rings. The summed E-state index contributed by atoms with van der Waals surface area (Å²) < 4.78 is 20.1. The van der Waals surface area contributed by atoms with E-state index in [1.807, 2.05) is 0 Å². The minimum absolute atomic E-state index is 0.281. The summed E-state index contributed by atoms with van der Waals surface area (Å²) >= 11 is 0. The normalized spacial score (nSPS) is 14.3. The Morgan fingerprint density at radius 1 is 1.15 bits per heavy atom. The van der Waals surface area contributed by atoms with Gasteiger partial charge in [-0.2, -0.15) is 15.1 Å². The van der Waals surface area contributed by atoms with E-state index in [0.29, 0.717) is 40.2 Å². The number of fused-ring (bicyclic) bond motifs is 1. The van der Waals surface area contributed by atoms with Gasteiger partial charge in [-0.3, -0.25) is 9.89 Å². The fourth-order valence-electron chi connectivity index (χ4n) is 4.90. The summed E-state index contributed by atoms with van der Waals surface area (Å²) in [6.07, 6.45) is 4.93. The largest absolute Gasteiger partial charge is 0.495 e. The van der Waals surface area contributed by atoms with Crippen molar-refractivity contribution in [1.29, 1.82) is 0 Å². The second kappa shape index (κ2) is 11.1. The monoisotopic (exact) mass is 530 g/mol. The summed E-state index contributed by atoms with van der Waals surface area (Å²) in [5.74, 6) is 0.926. The Morgan fingerprint density at radius 3 is 2.67 bits per heavy atom. The number of ether oxygens (including phenoxy) is 1. The second-order valence-electron chi connectivity index (χ2n) is 9.69. The molecule has 0 bridgehead atoms. The fourth-order valence-corrected chi connectivity index (χ4v) is 4.90. The maximum atomic E-state index is 14.3. The Hall–Kier alpha value is -4.51. The molecule has 1 aliphatic heterocycles. The van der Waals surface area contributed by atoms with Gasteiger partial charge >= 0.3 is 0 Å². The average Bonchev–Trinajstić information content (AvgIpc) is 3.38. The first-order chi connectivity index (χ1) is 18.8.